The predicted octanol–water partition coefficient (Wildman–Crippen LogP) is 0.879. The molecule has 1 fully saturated rings. The van der Waals surface area contributed by atoms with E-state index in [0.717, 1.165) is 0 Å². The molecule has 0 aromatic carbocycles. The van der Waals surface area contributed by atoms with E-state index in [9.17, 15) is 13.2 Å². The zero-order valence-electron chi connectivity index (χ0n) is 6.19. The Morgan fingerprint density at radius 3 is 2.45 bits per heavy atom. The largest absolute Gasteiger partial charge is 0.406 e. The Kier molecular flexibility index (Phi) is 2.39. The molecular formula is C6H10F3NO. The van der Waals surface area contributed by atoms with Gasteiger partial charge in [0.1, 0.15) is 6.04 Å². The second kappa shape index (κ2) is 2.98. The van der Waals surface area contributed by atoms with Crippen molar-refractivity contribution in [2.75, 3.05) is 26.8 Å². The normalized spacial score (nSPS) is 28.9. The Hall–Kier alpha value is -0.290. The van der Waals surface area contributed by atoms with Crippen molar-refractivity contribution in [1.29, 1.82) is 0 Å². The molecule has 11 heavy (non-hydrogen) atoms. The average Bonchev–Trinajstić information content (AvgIpc) is 1.86. The zero-order valence-corrected chi connectivity index (χ0v) is 6.19. The summed E-state index contributed by atoms with van der Waals surface area (Å²) >= 11 is 0. The number of halogens is 3. The number of ether oxygens (including phenoxy) is 1. The third kappa shape index (κ3) is 2.07. The molecule has 0 amide bonds. The molecule has 0 aliphatic carbocycles. The van der Waals surface area contributed by atoms with Gasteiger partial charge in [0.05, 0.1) is 13.2 Å². The predicted molar refractivity (Wildman–Crippen MR) is 33.3 cm³/mol. The van der Waals surface area contributed by atoms with Crippen molar-refractivity contribution >= 4 is 0 Å². The molecule has 1 atom stereocenters. The smallest absolute Gasteiger partial charge is 0.378 e. The van der Waals surface area contributed by atoms with Crippen LogP contribution in [0.3, 0.4) is 0 Å². The van der Waals surface area contributed by atoms with Crippen molar-refractivity contribution in [1.82, 2.24) is 4.90 Å². The molecule has 0 bridgehead atoms. The summed E-state index contributed by atoms with van der Waals surface area (Å²) in [6.07, 6.45) is -4.16. The van der Waals surface area contributed by atoms with E-state index < -0.39 is 12.2 Å². The monoisotopic (exact) mass is 169 g/mol. The van der Waals surface area contributed by atoms with Crippen LogP contribution in [-0.2, 0) is 4.74 Å². The van der Waals surface area contributed by atoms with E-state index in [2.05, 4.69) is 0 Å². The Balaban J connectivity index is 2.55. The van der Waals surface area contributed by atoms with Crippen LogP contribution in [0.5, 0.6) is 0 Å². The zero-order chi connectivity index (χ0) is 8.48. The molecule has 1 aliphatic heterocycles. The second-order valence-corrected chi connectivity index (χ2v) is 2.61. The number of hydrogen-bond donors (Lipinski definition) is 0. The number of hydrogen-bond acceptors (Lipinski definition) is 2. The van der Waals surface area contributed by atoms with E-state index in [-0.39, 0.29) is 6.61 Å². The van der Waals surface area contributed by atoms with Crippen LogP contribution >= 0.6 is 0 Å². The lowest BCUT2D eigenvalue weighted by Gasteiger charge is -2.33. The van der Waals surface area contributed by atoms with Crippen LogP contribution in [0.15, 0.2) is 0 Å². The van der Waals surface area contributed by atoms with Crippen molar-refractivity contribution in [3.8, 4) is 0 Å². The minimum Gasteiger partial charge on any atom is -0.378 e. The minimum atomic E-state index is -4.16. The molecule has 2 nitrogen and oxygen atoms in total. The first-order chi connectivity index (χ1) is 5.02. The summed E-state index contributed by atoms with van der Waals surface area (Å²) < 4.78 is 40.9. The van der Waals surface area contributed by atoms with Gasteiger partial charge in [-0.15, -0.1) is 0 Å². The first kappa shape index (κ1) is 8.80. The molecule has 5 heteroatoms. The Morgan fingerprint density at radius 1 is 1.45 bits per heavy atom. The lowest BCUT2D eigenvalue weighted by atomic mass is 10.2. The molecule has 0 N–H and O–H groups in total. The maximum absolute atomic E-state index is 12.1. The fraction of sp³-hybridized carbons (Fsp3) is 1.00. The van der Waals surface area contributed by atoms with E-state index in [0.29, 0.717) is 13.2 Å². The molecule has 0 unspecified atom stereocenters. The van der Waals surface area contributed by atoms with Crippen molar-refractivity contribution in [2.24, 2.45) is 0 Å². The summed E-state index contributed by atoms with van der Waals surface area (Å²) in [5.74, 6) is 0. The highest BCUT2D eigenvalue weighted by atomic mass is 19.4. The van der Waals surface area contributed by atoms with Crippen LogP contribution < -0.4 is 0 Å². The van der Waals surface area contributed by atoms with Crippen LogP contribution in [0.1, 0.15) is 0 Å². The van der Waals surface area contributed by atoms with Gasteiger partial charge in [0.25, 0.3) is 0 Å². The standard InChI is InChI=1S/C6H10F3NO/c1-10-2-3-11-4-5(10)6(7,8)9/h5H,2-4H2,1H3/t5-/m1/s1. The Morgan fingerprint density at radius 2 is 2.09 bits per heavy atom. The molecular weight excluding hydrogens is 159 g/mol. The van der Waals surface area contributed by atoms with Crippen molar-refractivity contribution in [2.45, 2.75) is 12.2 Å². The van der Waals surface area contributed by atoms with E-state index in [1.165, 1.54) is 11.9 Å². The minimum absolute atomic E-state index is 0.236. The maximum atomic E-state index is 12.1. The number of alkyl halides is 3. The highest BCUT2D eigenvalue weighted by Gasteiger charge is 2.43. The average molecular weight is 169 g/mol. The molecule has 0 aromatic rings. The number of morpholine rings is 1. The summed E-state index contributed by atoms with van der Waals surface area (Å²) in [4.78, 5) is 1.27. The lowest BCUT2D eigenvalue weighted by Crippen LogP contribution is -2.51. The number of likely N-dealkylation sites (N-methyl/N-ethyl adjacent to an activating group) is 1. The lowest BCUT2D eigenvalue weighted by molar-refractivity contribution is -0.207. The van der Waals surface area contributed by atoms with Gasteiger partial charge in [0, 0.05) is 6.54 Å². The van der Waals surface area contributed by atoms with Crippen LogP contribution in [0.25, 0.3) is 0 Å². The quantitative estimate of drug-likeness (QED) is 0.533. The summed E-state index contributed by atoms with van der Waals surface area (Å²) in [7, 11) is 1.46. The summed E-state index contributed by atoms with van der Waals surface area (Å²) in [5, 5.41) is 0. The van der Waals surface area contributed by atoms with Crippen LogP contribution in [0.4, 0.5) is 13.2 Å². The van der Waals surface area contributed by atoms with Gasteiger partial charge in [-0.25, -0.2) is 0 Å². The van der Waals surface area contributed by atoms with E-state index >= 15 is 0 Å². The van der Waals surface area contributed by atoms with Gasteiger partial charge in [0.2, 0.25) is 0 Å². The summed E-state index contributed by atoms with van der Waals surface area (Å²) in [6, 6.07) is -1.42. The number of nitrogens with zero attached hydrogens (tertiary/aromatic N) is 1. The third-order valence-electron chi connectivity index (χ3n) is 1.77. The van der Waals surface area contributed by atoms with Crippen molar-refractivity contribution < 1.29 is 17.9 Å². The first-order valence-electron chi connectivity index (χ1n) is 3.36. The van der Waals surface area contributed by atoms with E-state index in [1.807, 2.05) is 0 Å². The summed E-state index contributed by atoms with van der Waals surface area (Å²) in [5.41, 5.74) is 0. The fourth-order valence-electron chi connectivity index (χ4n) is 1.03. The van der Waals surface area contributed by atoms with Gasteiger partial charge < -0.3 is 4.74 Å². The van der Waals surface area contributed by atoms with Gasteiger partial charge >= 0.3 is 6.18 Å². The molecule has 1 saturated heterocycles. The maximum Gasteiger partial charge on any atom is 0.406 e. The molecule has 0 spiro atoms. The molecule has 0 aromatic heterocycles. The highest BCUT2D eigenvalue weighted by Crippen LogP contribution is 2.25. The Bertz CT molecular complexity index is 136. The third-order valence-corrected chi connectivity index (χ3v) is 1.77. The first-order valence-corrected chi connectivity index (χ1v) is 3.36. The molecule has 1 rings (SSSR count). The molecule has 0 saturated carbocycles. The van der Waals surface area contributed by atoms with Gasteiger partial charge in [0.15, 0.2) is 0 Å². The second-order valence-electron chi connectivity index (χ2n) is 2.61. The molecule has 66 valence electrons. The molecule has 1 aliphatic rings. The van der Waals surface area contributed by atoms with Crippen molar-refractivity contribution in [3.05, 3.63) is 0 Å². The topological polar surface area (TPSA) is 12.5 Å². The van der Waals surface area contributed by atoms with Gasteiger partial charge in [-0.3, -0.25) is 4.90 Å². The van der Waals surface area contributed by atoms with Gasteiger partial charge in [-0.05, 0) is 7.05 Å². The van der Waals surface area contributed by atoms with Crippen LogP contribution in [0.2, 0.25) is 0 Å². The van der Waals surface area contributed by atoms with Gasteiger partial charge in [-0.2, -0.15) is 13.2 Å². The molecule has 0 radical (unpaired) electrons. The van der Waals surface area contributed by atoms with Crippen molar-refractivity contribution in [3.63, 3.8) is 0 Å². The van der Waals surface area contributed by atoms with Gasteiger partial charge in [-0.1, -0.05) is 0 Å². The van der Waals surface area contributed by atoms with E-state index in [1.54, 1.807) is 0 Å². The highest BCUT2D eigenvalue weighted by molar-refractivity contribution is 4.78. The van der Waals surface area contributed by atoms with Crippen LogP contribution in [-0.4, -0.2) is 43.9 Å². The SMILES string of the molecule is CN1CCOC[C@@H]1C(F)(F)F. The number of rotatable bonds is 0. The fourth-order valence-corrected chi connectivity index (χ4v) is 1.03. The van der Waals surface area contributed by atoms with E-state index in [4.69, 9.17) is 4.74 Å². The summed E-state index contributed by atoms with van der Waals surface area (Å²) in [6.45, 7) is 0.507. The van der Waals surface area contributed by atoms with Crippen LogP contribution in [0, 0.1) is 0 Å². The Labute approximate surface area is 62.9 Å². The molecule has 1 heterocycles.